The molecule has 0 amide bonds. The van der Waals surface area contributed by atoms with Crippen LogP contribution in [0.5, 0.6) is 0 Å². The molecule has 1 aromatic carbocycles. The first kappa shape index (κ1) is 16.0. The number of hydrogen-bond donors (Lipinski definition) is 0. The summed E-state index contributed by atoms with van der Waals surface area (Å²) in [5.74, 6) is -2.83. The van der Waals surface area contributed by atoms with Crippen molar-refractivity contribution in [2.45, 2.75) is 26.4 Å². The van der Waals surface area contributed by atoms with Gasteiger partial charge in [0.05, 0.1) is 0 Å². The summed E-state index contributed by atoms with van der Waals surface area (Å²) >= 11 is 0. The van der Waals surface area contributed by atoms with Gasteiger partial charge in [-0.15, -0.1) is 0 Å². The Labute approximate surface area is 105 Å². The van der Waals surface area contributed by atoms with Gasteiger partial charge in [0.25, 0.3) is 0 Å². The number of ether oxygens (including phenoxy) is 1. The molecule has 0 heterocycles. The third-order valence-corrected chi connectivity index (χ3v) is 2.13. The second-order valence-corrected chi connectivity index (χ2v) is 3.56. The van der Waals surface area contributed by atoms with Crippen molar-refractivity contribution in [3.63, 3.8) is 0 Å². The van der Waals surface area contributed by atoms with Gasteiger partial charge < -0.3 is 10.2 Å². The van der Waals surface area contributed by atoms with Crippen LogP contribution in [-0.2, 0) is 25.7 Å². The number of benzene rings is 1. The quantitative estimate of drug-likeness (QED) is 0.426. The Morgan fingerprint density at radius 1 is 1.11 bits per heavy atom. The molecule has 0 unspecified atom stereocenters. The van der Waals surface area contributed by atoms with Crippen molar-refractivity contribution in [3.8, 4) is 0 Å². The molecule has 0 atom stereocenters. The van der Waals surface area contributed by atoms with Crippen LogP contribution in [0.25, 0.3) is 0 Å². The topological polar surface area (TPSA) is 91.9 Å². The molecule has 1 rings (SSSR count). The highest BCUT2D eigenvalue weighted by Crippen LogP contribution is 2.01. The fraction of sp³-hybridized carbons (Fsp3) is 0.308. The number of carbonyl (C=O) groups is 3. The summed E-state index contributed by atoms with van der Waals surface area (Å²) in [6, 6.07) is 8.97. The van der Waals surface area contributed by atoms with Gasteiger partial charge in [0.2, 0.25) is 5.78 Å². The molecular weight excluding hydrogens is 236 g/mol. The van der Waals surface area contributed by atoms with Gasteiger partial charge >= 0.3 is 11.8 Å². The van der Waals surface area contributed by atoms with Gasteiger partial charge in [0, 0.05) is 6.42 Å². The molecule has 0 aliphatic rings. The normalized spacial score (nSPS) is 9.17. The van der Waals surface area contributed by atoms with Crippen molar-refractivity contribution in [2.75, 3.05) is 0 Å². The lowest BCUT2D eigenvalue weighted by molar-refractivity contribution is -0.157. The molecule has 0 saturated heterocycles. The van der Waals surface area contributed by atoms with Crippen LogP contribution in [0.2, 0.25) is 0 Å². The van der Waals surface area contributed by atoms with Crippen LogP contribution < -0.4 is 0 Å². The Morgan fingerprint density at radius 2 is 1.72 bits per heavy atom. The zero-order valence-electron chi connectivity index (χ0n) is 10.1. The largest absolute Gasteiger partial charge is 0.455 e. The molecular formula is C13H16O5. The standard InChI is InChI=1S/C13H14O4.H2O/c1-2-6-11(14)12(15)13(16)17-9-10-7-4-3-5-8-10;/h3-5,7-8H,2,6,9H2,1H3;1H2. The lowest BCUT2D eigenvalue weighted by Crippen LogP contribution is -2.25. The maximum Gasteiger partial charge on any atom is 0.383 e. The van der Waals surface area contributed by atoms with Gasteiger partial charge in [0.15, 0.2) is 0 Å². The van der Waals surface area contributed by atoms with Crippen molar-refractivity contribution < 1.29 is 24.6 Å². The maximum absolute atomic E-state index is 11.2. The predicted molar refractivity (Wildman–Crippen MR) is 64.8 cm³/mol. The number of rotatable bonds is 6. The van der Waals surface area contributed by atoms with E-state index < -0.39 is 17.5 Å². The fourth-order valence-electron chi connectivity index (χ4n) is 1.24. The smallest absolute Gasteiger partial charge is 0.383 e. The maximum atomic E-state index is 11.2. The average molecular weight is 252 g/mol. The number of carbonyl (C=O) groups excluding carboxylic acids is 3. The monoisotopic (exact) mass is 252 g/mol. The van der Waals surface area contributed by atoms with E-state index in [4.69, 9.17) is 4.74 Å². The molecule has 0 fully saturated rings. The number of esters is 1. The molecule has 0 spiro atoms. The van der Waals surface area contributed by atoms with Crippen LogP contribution in [0, 0.1) is 0 Å². The van der Waals surface area contributed by atoms with Gasteiger partial charge in [0.1, 0.15) is 6.61 Å². The molecule has 0 aliphatic carbocycles. The lowest BCUT2D eigenvalue weighted by Gasteiger charge is -2.03. The van der Waals surface area contributed by atoms with Crippen molar-refractivity contribution >= 4 is 17.5 Å². The second kappa shape index (κ2) is 8.14. The van der Waals surface area contributed by atoms with Crippen LogP contribution in [0.15, 0.2) is 30.3 Å². The van der Waals surface area contributed by atoms with E-state index in [0.29, 0.717) is 6.42 Å². The summed E-state index contributed by atoms with van der Waals surface area (Å²) in [6.45, 7) is 1.77. The molecule has 1 aromatic rings. The van der Waals surface area contributed by atoms with Gasteiger partial charge in [-0.25, -0.2) is 4.79 Å². The van der Waals surface area contributed by atoms with E-state index in [9.17, 15) is 14.4 Å². The zero-order valence-corrected chi connectivity index (χ0v) is 10.1. The SMILES string of the molecule is CCCC(=O)C(=O)C(=O)OCc1ccccc1.O. The molecule has 2 N–H and O–H groups in total. The third kappa shape index (κ3) is 4.88. The summed E-state index contributed by atoms with van der Waals surface area (Å²) in [5.41, 5.74) is 0.775. The molecule has 5 heteroatoms. The first-order valence-corrected chi connectivity index (χ1v) is 5.43. The van der Waals surface area contributed by atoms with Gasteiger partial charge in [-0.3, -0.25) is 9.59 Å². The van der Waals surface area contributed by atoms with E-state index in [0.717, 1.165) is 5.56 Å². The summed E-state index contributed by atoms with van der Waals surface area (Å²) in [4.78, 5) is 33.6. The average Bonchev–Trinajstić information content (AvgIpc) is 2.36. The molecule has 0 radical (unpaired) electrons. The molecule has 98 valence electrons. The highest BCUT2D eigenvalue weighted by atomic mass is 16.5. The van der Waals surface area contributed by atoms with E-state index in [-0.39, 0.29) is 18.5 Å². The molecule has 18 heavy (non-hydrogen) atoms. The van der Waals surface area contributed by atoms with Crippen molar-refractivity contribution in [1.82, 2.24) is 0 Å². The highest BCUT2D eigenvalue weighted by Gasteiger charge is 2.23. The highest BCUT2D eigenvalue weighted by molar-refractivity contribution is 6.62. The van der Waals surface area contributed by atoms with E-state index in [1.807, 2.05) is 6.07 Å². The number of Topliss-reactive ketones (excluding diaryl/α,β-unsaturated/α-hetero) is 2. The second-order valence-electron chi connectivity index (χ2n) is 3.56. The minimum atomic E-state index is -1.08. The van der Waals surface area contributed by atoms with Crippen molar-refractivity contribution in [1.29, 1.82) is 0 Å². The number of ketones is 2. The number of hydrogen-bond acceptors (Lipinski definition) is 4. The lowest BCUT2D eigenvalue weighted by atomic mass is 10.1. The molecule has 0 aromatic heterocycles. The van der Waals surface area contributed by atoms with Crippen molar-refractivity contribution in [2.24, 2.45) is 0 Å². The van der Waals surface area contributed by atoms with Gasteiger partial charge in [-0.2, -0.15) is 0 Å². The van der Waals surface area contributed by atoms with Crippen LogP contribution in [0.1, 0.15) is 25.3 Å². The van der Waals surface area contributed by atoms with Gasteiger partial charge in [-0.1, -0.05) is 37.3 Å². The van der Waals surface area contributed by atoms with Crippen LogP contribution in [0.3, 0.4) is 0 Å². The van der Waals surface area contributed by atoms with E-state index >= 15 is 0 Å². The van der Waals surface area contributed by atoms with E-state index in [2.05, 4.69) is 0 Å². The first-order chi connectivity index (χ1) is 8.15. The van der Waals surface area contributed by atoms with Gasteiger partial charge in [-0.05, 0) is 12.0 Å². The Balaban J connectivity index is 0.00000289. The Morgan fingerprint density at radius 3 is 2.28 bits per heavy atom. The van der Waals surface area contributed by atoms with Crippen LogP contribution >= 0.6 is 0 Å². The summed E-state index contributed by atoms with van der Waals surface area (Å²) in [5, 5.41) is 0. The summed E-state index contributed by atoms with van der Waals surface area (Å²) < 4.78 is 4.75. The fourth-order valence-corrected chi connectivity index (χ4v) is 1.24. The minimum Gasteiger partial charge on any atom is -0.455 e. The van der Waals surface area contributed by atoms with Crippen LogP contribution in [0.4, 0.5) is 0 Å². The first-order valence-electron chi connectivity index (χ1n) is 5.43. The summed E-state index contributed by atoms with van der Waals surface area (Å²) in [7, 11) is 0. The Hall–Kier alpha value is -2.01. The minimum absolute atomic E-state index is 0. The van der Waals surface area contributed by atoms with E-state index in [1.165, 1.54) is 0 Å². The van der Waals surface area contributed by atoms with Crippen molar-refractivity contribution in [3.05, 3.63) is 35.9 Å². The zero-order chi connectivity index (χ0) is 12.7. The molecule has 0 aliphatic heterocycles. The van der Waals surface area contributed by atoms with E-state index in [1.54, 1.807) is 31.2 Å². The molecule has 5 nitrogen and oxygen atoms in total. The Bertz CT molecular complexity index is 411. The summed E-state index contributed by atoms with van der Waals surface area (Å²) in [6.07, 6.45) is 0.621. The molecule has 0 saturated carbocycles. The third-order valence-electron chi connectivity index (χ3n) is 2.13. The predicted octanol–water partition coefficient (Wildman–Crippen LogP) is 0.843. The Kier molecular flexibility index (Phi) is 7.23. The molecule has 0 bridgehead atoms. The van der Waals surface area contributed by atoms with Crippen LogP contribution in [-0.4, -0.2) is 23.0 Å².